The standard InChI is InChI=1S/C18H20BrNO2/c19-17-9-5-4-8-15(17)18(13-20-10-11-22-18)16(12-21)14-6-2-1-3-7-14/h1-9,16,20-21H,10-13H2. The lowest BCUT2D eigenvalue weighted by Crippen LogP contribution is -2.52. The van der Waals surface area contributed by atoms with Gasteiger partial charge in [0.2, 0.25) is 0 Å². The minimum atomic E-state index is -0.575. The van der Waals surface area contributed by atoms with Crippen LogP contribution in [-0.2, 0) is 10.3 Å². The fraction of sp³-hybridized carbons (Fsp3) is 0.333. The molecule has 2 atom stereocenters. The van der Waals surface area contributed by atoms with Crippen molar-refractivity contribution in [2.45, 2.75) is 11.5 Å². The Labute approximate surface area is 139 Å². The number of morpholine rings is 1. The molecule has 0 radical (unpaired) electrons. The molecule has 116 valence electrons. The van der Waals surface area contributed by atoms with Crippen LogP contribution in [0.15, 0.2) is 59.1 Å². The lowest BCUT2D eigenvalue weighted by Gasteiger charge is -2.44. The Hall–Kier alpha value is -1.20. The van der Waals surface area contributed by atoms with E-state index in [0.29, 0.717) is 13.2 Å². The zero-order chi connectivity index (χ0) is 15.4. The molecule has 3 rings (SSSR count). The third-order valence-corrected chi connectivity index (χ3v) is 4.99. The topological polar surface area (TPSA) is 41.5 Å². The van der Waals surface area contributed by atoms with E-state index in [4.69, 9.17) is 4.74 Å². The molecule has 0 aliphatic carbocycles. The molecule has 0 aromatic heterocycles. The van der Waals surface area contributed by atoms with Crippen molar-refractivity contribution in [3.63, 3.8) is 0 Å². The SMILES string of the molecule is OCC(c1ccccc1)C1(c2ccccc2Br)CNCCO1. The van der Waals surface area contributed by atoms with Gasteiger partial charge in [-0.25, -0.2) is 0 Å². The van der Waals surface area contributed by atoms with Crippen LogP contribution in [-0.4, -0.2) is 31.4 Å². The summed E-state index contributed by atoms with van der Waals surface area (Å²) in [5, 5.41) is 13.6. The number of rotatable bonds is 4. The van der Waals surface area contributed by atoms with Gasteiger partial charge in [0.15, 0.2) is 0 Å². The number of hydrogen-bond acceptors (Lipinski definition) is 3. The predicted octanol–water partition coefficient (Wildman–Crippen LogP) is 3.04. The number of aliphatic hydroxyl groups is 1. The fourth-order valence-corrected chi connectivity index (χ4v) is 3.85. The van der Waals surface area contributed by atoms with Crippen LogP contribution >= 0.6 is 15.9 Å². The van der Waals surface area contributed by atoms with E-state index >= 15 is 0 Å². The lowest BCUT2D eigenvalue weighted by molar-refractivity contribution is -0.0996. The number of nitrogens with one attached hydrogen (secondary N) is 1. The van der Waals surface area contributed by atoms with E-state index in [1.807, 2.05) is 36.4 Å². The molecular formula is C18H20BrNO2. The molecule has 3 nitrogen and oxygen atoms in total. The average Bonchev–Trinajstić information content (AvgIpc) is 2.58. The minimum absolute atomic E-state index is 0.0347. The van der Waals surface area contributed by atoms with Gasteiger partial charge >= 0.3 is 0 Å². The van der Waals surface area contributed by atoms with Gasteiger partial charge < -0.3 is 15.2 Å². The van der Waals surface area contributed by atoms with Gasteiger partial charge in [-0.15, -0.1) is 0 Å². The Bertz CT molecular complexity index is 611. The first-order chi connectivity index (χ1) is 10.8. The second-order valence-electron chi connectivity index (χ2n) is 5.54. The number of hydrogen-bond donors (Lipinski definition) is 2. The molecule has 4 heteroatoms. The third-order valence-electron chi connectivity index (χ3n) is 4.30. The van der Waals surface area contributed by atoms with Crippen molar-refractivity contribution < 1.29 is 9.84 Å². The highest BCUT2D eigenvalue weighted by Crippen LogP contribution is 2.43. The minimum Gasteiger partial charge on any atom is -0.396 e. The summed E-state index contributed by atoms with van der Waals surface area (Å²) in [5.74, 6) is -0.125. The molecule has 2 aromatic rings. The van der Waals surface area contributed by atoms with E-state index in [-0.39, 0.29) is 12.5 Å². The van der Waals surface area contributed by atoms with Gasteiger partial charge in [0.25, 0.3) is 0 Å². The zero-order valence-electron chi connectivity index (χ0n) is 12.3. The fourth-order valence-electron chi connectivity index (χ4n) is 3.23. The molecule has 0 bridgehead atoms. The molecular weight excluding hydrogens is 342 g/mol. The van der Waals surface area contributed by atoms with E-state index in [2.05, 4.69) is 39.4 Å². The summed E-state index contributed by atoms with van der Waals surface area (Å²) < 4.78 is 7.29. The van der Waals surface area contributed by atoms with Crippen molar-refractivity contribution in [1.82, 2.24) is 5.32 Å². The Kier molecular flexibility index (Phi) is 4.93. The monoisotopic (exact) mass is 361 g/mol. The van der Waals surface area contributed by atoms with Crippen LogP contribution in [0.5, 0.6) is 0 Å². The third kappa shape index (κ3) is 2.84. The molecule has 1 heterocycles. The summed E-state index contributed by atoms with van der Waals surface area (Å²) in [5.41, 5.74) is 1.59. The maximum absolute atomic E-state index is 10.1. The molecule has 0 amide bonds. The van der Waals surface area contributed by atoms with Gasteiger partial charge in [0.1, 0.15) is 5.60 Å². The van der Waals surface area contributed by atoms with E-state index < -0.39 is 5.60 Å². The predicted molar refractivity (Wildman–Crippen MR) is 90.9 cm³/mol. The van der Waals surface area contributed by atoms with Crippen molar-refractivity contribution in [2.75, 3.05) is 26.3 Å². The van der Waals surface area contributed by atoms with E-state index in [0.717, 1.165) is 22.1 Å². The van der Waals surface area contributed by atoms with E-state index in [1.54, 1.807) is 0 Å². The largest absolute Gasteiger partial charge is 0.396 e. The number of halogens is 1. The van der Waals surface area contributed by atoms with Crippen molar-refractivity contribution in [3.8, 4) is 0 Å². The Morgan fingerprint density at radius 3 is 2.50 bits per heavy atom. The van der Waals surface area contributed by atoms with Crippen LogP contribution in [0, 0.1) is 0 Å². The Balaban J connectivity index is 2.11. The zero-order valence-corrected chi connectivity index (χ0v) is 13.9. The van der Waals surface area contributed by atoms with Crippen LogP contribution in [0.1, 0.15) is 17.0 Å². The Morgan fingerprint density at radius 2 is 1.86 bits per heavy atom. The molecule has 0 saturated carbocycles. The molecule has 2 N–H and O–H groups in total. The smallest absolute Gasteiger partial charge is 0.116 e. The highest BCUT2D eigenvalue weighted by Gasteiger charge is 2.44. The van der Waals surface area contributed by atoms with Gasteiger partial charge in [0.05, 0.1) is 13.2 Å². The quantitative estimate of drug-likeness (QED) is 0.879. The number of benzene rings is 2. The van der Waals surface area contributed by atoms with E-state index in [1.165, 1.54) is 0 Å². The molecule has 1 saturated heterocycles. The second-order valence-corrected chi connectivity index (χ2v) is 6.39. The average molecular weight is 362 g/mol. The summed E-state index contributed by atoms with van der Waals surface area (Å²) >= 11 is 3.65. The van der Waals surface area contributed by atoms with Crippen LogP contribution in [0.3, 0.4) is 0 Å². The van der Waals surface area contributed by atoms with Gasteiger partial charge in [-0.3, -0.25) is 0 Å². The van der Waals surface area contributed by atoms with Crippen LogP contribution < -0.4 is 5.32 Å². The van der Waals surface area contributed by atoms with Gasteiger partial charge in [-0.1, -0.05) is 64.5 Å². The van der Waals surface area contributed by atoms with Crippen LogP contribution in [0.4, 0.5) is 0 Å². The lowest BCUT2D eigenvalue weighted by atomic mass is 9.76. The molecule has 1 aliphatic rings. The summed E-state index contributed by atoms with van der Waals surface area (Å²) in [4.78, 5) is 0. The van der Waals surface area contributed by atoms with E-state index in [9.17, 15) is 5.11 Å². The summed E-state index contributed by atoms with van der Waals surface area (Å²) in [6, 6.07) is 18.2. The summed E-state index contributed by atoms with van der Waals surface area (Å²) in [6.07, 6.45) is 0. The van der Waals surface area contributed by atoms with Crippen LogP contribution in [0.25, 0.3) is 0 Å². The first kappa shape index (κ1) is 15.7. The highest BCUT2D eigenvalue weighted by molar-refractivity contribution is 9.10. The molecule has 22 heavy (non-hydrogen) atoms. The number of ether oxygens (including phenoxy) is 1. The maximum atomic E-state index is 10.1. The molecule has 2 unspecified atom stereocenters. The van der Waals surface area contributed by atoms with Crippen LogP contribution in [0.2, 0.25) is 0 Å². The van der Waals surface area contributed by atoms with Crippen molar-refractivity contribution >= 4 is 15.9 Å². The Morgan fingerprint density at radius 1 is 1.14 bits per heavy atom. The van der Waals surface area contributed by atoms with Crippen molar-refractivity contribution in [2.24, 2.45) is 0 Å². The molecule has 1 fully saturated rings. The first-order valence-electron chi connectivity index (χ1n) is 7.53. The first-order valence-corrected chi connectivity index (χ1v) is 8.33. The number of aliphatic hydroxyl groups excluding tert-OH is 1. The molecule has 1 aliphatic heterocycles. The summed E-state index contributed by atoms with van der Waals surface area (Å²) in [7, 11) is 0. The van der Waals surface area contributed by atoms with Crippen molar-refractivity contribution in [1.29, 1.82) is 0 Å². The second kappa shape index (κ2) is 6.92. The van der Waals surface area contributed by atoms with Gasteiger partial charge in [-0.05, 0) is 17.2 Å². The van der Waals surface area contributed by atoms with Crippen molar-refractivity contribution in [3.05, 3.63) is 70.2 Å². The normalized spacial score (nSPS) is 23.2. The van der Waals surface area contributed by atoms with Gasteiger partial charge in [-0.2, -0.15) is 0 Å². The molecule has 0 spiro atoms. The van der Waals surface area contributed by atoms with Gasteiger partial charge in [0, 0.05) is 23.5 Å². The maximum Gasteiger partial charge on any atom is 0.116 e. The summed E-state index contributed by atoms with van der Waals surface area (Å²) in [6.45, 7) is 2.17. The molecule has 2 aromatic carbocycles. The highest BCUT2D eigenvalue weighted by atomic mass is 79.9.